The highest BCUT2D eigenvalue weighted by Gasteiger charge is 2.46. The first-order chi connectivity index (χ1) is 9.12. The Bertz CT molecular complexity index is 312. The molecule has 3 fully saturated rings. The molecular formula is C17H32N2. The van der Waals surface area contributed by atoms with Crippen LogP contribution in [0.15, 0.2) is 0 Å². The molecule has 0 aromatic carbocycles. The molecule has 3 aliphatic rings. The van der Waals surface area contributed by atoms with E-state index in [0.29, 0.717) is 5.54 Å². The predicted octanol–water partition coefficient (Wildman–Crippen LogP) is 3.42. The predicted molar refractivity (Wildman–Crippen MR) is 81.3 cm³/mol. The normalized spacial score (nSPS) is 45.3. The molecule has 0 amide bonds. The van der Waals surface area contributed by atoms with Gasteiger partial charge in [0.25, 0.3) is 0 Å². The third-order valence-corrected chi connectivity index (χ3v) is 6.16. The fourth-order valence-electron chi connectivity index (χ4n) is 4.51. The van der Waals surface area contributed by atoms with Gasteiger partial charge in [-0.05, 0) is 51.4 Å². The monoisotopic (exact) mass is 264 g/mol. The van der Waals surface area contributed by atoms with Gasteiger partial charge in [-0.25, -0.2) is 0 Å². The zero-order valence-corrected chi connectivity index (χ0v) is 13.1. The van der Waals surface area contributed by atoms with E-state index in [-0.39, 0.29) is 0 Å². The molecule has 1 heterocycles. The Labute approximate surface area is 119 Å². The van der Waals surface area contributed by atoms with Gasteiger partial charge in [0.15, 0.2) is 0 Å². The number of hydrogen-bond donors (Lipinski definition) is 1. The first-order valence-corrected chi connectivity index (χ1v) is 8.63. The first-order valence-electron chi connectivity index (χ1n) is 8.63. The standard InChI is InChI=1S/C17H32N2/c1-4-14-6-5-7-16(10-14)19-12-17(3,15-8-9-15)18-11-13(19)2/h13-16,18H,4-12H2,1-3H3. The Kier molecular flexibility index (Phi) is 3.92. The van der Waals surface area contributed by atoms with Crippen molar-refractivity contribution in [2.75, 3.05) is 13.1 Å². The van der Waals surface area contributed by atoms with Crippen LogP contribution >= 0.6 is 0 Å². The topological polar surface area (TPSA) is 15.3 Å². The minimum atomic E-state index is 0.408. The molecule has 3 rings (SSSR count). The van der Waals surface area contributed by atoms with E-state index in [1.165, 1.54) is 58.0 Å². The smallest absolute Gasteiger partial charge is 0.0309 e. The van der Waals surface area contributed by atoms with E-state index in [1.54, 1.807) is 0 Å². The van der Waals surface area contributed by atoms with E-state index in [0.717, 1.165) is 23.9 Å². The van der Waals surface area contributed by atoms with E-state index < -0.39 is 0 Å². The van der Waals surface area contributed by atoms with Crippen molar-refractivity contribution < 1.29 is 0 Å². The van der Waals surface area contributed by atoms with Crippen LogP contribution in [0.25, 0.3) is 0 Å². The van der Waals surface area contributed by atoms with Crippen molar-refractivity contribution in [2.24, 2.45) is 11.8 Å². The fourth-order valence-corrected chi connectivity index (χ4v) is 4.51. The number of piperazine rings is 1. The van der Waals surface area contributed by atoms with Gasteiger partial charge in [0, 0.05) is 30.7 Å². The molecule has 0 bridgehead atoms. The highest BCUT2D eigenvalue weighted by Crippen LogP contribution is 2.42. The molecular weight excluding hydrogens is 232 g/mol. The number of nitrogens with zero attached hydrogens (tertiary/aromatic N) is 1. The lowest BCUT2D eigenvalue weighted by atomic mass is 9.81. The SMILES string of the molecule is CCC1CCCC(N2CC(C)(C3CC3)NCC2C)C1. The third-order valence-electron chi connectivity index (χ3n) is 6.16. The molecule has 1 saturated heterocycles. The second-order valence-electron chi connectivity index (χ2n) is 7.69. The Morgan fingerprint density at radius 3 is 2.68 bits per heavy atom. The van der Waals surface area contributed by atoms with E-state index >= 15 is 0 Å². The van der Waals surface area contributed by atoms with E-state index in [2.05, 4.69) is 31.0 Å². The maximum absolute atomic E-state index is 3.86. The summed E-state index contributed by atoms with van der Waals surface area (Å²) in [5, 5.41) is 3.86. The second-order valence-corrected chi connectivity index (χ2v) is 7.69. The van der Waals surface area contributed by atoms with Crippen molar-refractivity contribution in [1.29, 1.82) is 0 Å². The van der Waals surface area contributed by atoms with Crippen molar-refractivity contribution in [3.05, 3.63) is 0 Å². The summed E-state index contributed by atoms with van der Waals surface area (Å²) in [6, 6.07) is 1.60. The lowest BCUT2D eigenvalue weighted by Gasteiger charge is -2.50. The van der Waals surface area contributed by atoms with Gasteiger partial charge in [-0.3, -0.25) is 4.90 Å². The minimum Gasteiger partial charge on any atom is -0.308 e. The van der Waals surface area contributed by atoms with E-state index in [4.69, 9.17) is 0 Å². The van der Waals surface area contributed by atoms with Crippen molar-refractivity contribution in [3.8, 4) is 0 Å². The summed E-state index contributed by atoms with van der Waals surface area (Å²) in [4.78, 5) is 2.87. The van der Waals surface area contributed by atoms with Gasteiger partial charge in [-0.2, -0.15) is 0 Å². The lowest BCUT2D eigenvalue weighted by Crippen LogP contribution is -2.65. The molecule has 2 aliphatic carbocycles. The molecule has 0 aromatic rings. The van der Waals surface area contributed by atoms with Gasteiger partial charge in [-0.1, -0.05) is 26.2 Å². The van der Waals surface area contributed by atoms with Crippen LogP contribution in [-0.4, -0.2) is 35.6 Å². The zero-order valence-electron chi connectivity index (χ0n) is 13.1. The molecule has 19 heavy (non-hydrogen) atoms. The number of rotatable bonds is 3. The Balaban J connectivity index is 1.67. The van der Waals surface area contributed by atoms with Crippen LogP contribution in [0.2, 0.25) is 0 Å². The molecule has 0 spiro atoms. The van der Waals surface area contributed by atoms with E-state index in [9.17, 15) is 0 Å². The summed E-state index contributed by atoms with van der Waals surface area (Å²) in [6.07, 6.45) is 10.1. The fraction of sp³-hybridized carbons (Fsp3) is 1.00. The average molecular weight is 264 g/mol. The molecule has 2 saturated carbocycles. The Hall–Kier alpha value is -0.0800. The van der Waals surface area contributed by atoms with Gasteiger partial charge in [0.1, 0.15) is 0 Å². The summed E-state index contributed by atoms with van der Waals surface area (Å²) in [7, 11) is 0. The van der Waals surface area contributed by atoms with Gasteiger partial charge < -0.3 is 5.32 Å². The zero-order chi connectivity index (χ0) is 13.5. The molecule has 4 atom stereocenters. The average Bonchev–Trinajstić information content (AvgIpc) is 3.27. The summed E-state index contributed by atoms with van der Waals surface area (Å²) in [6.45, 7) is 9.77. The van der Waals surface area contributed by atoms with Crippen LogP contribution in [0.1, 0.15) is 65.7 Å². The highest BCUT2D eigenvalue weighted by molar-refractivity contribution is 5.04. The maximum Gasteiger partial charge on any atom is 0.0309 e. The van der Waals surface area contributed by atoms with Crippen LogP contribution in [0.4, 0.5) is 0 Å². The molecule has 0 aromatic heterocycles. The third kappa shape index (κ3) is 2.85. The minimum absolute atomic E-state index is 0.408. The van der Waals surface area contributed by atoms with Gasteiger partial charge in [-0.15, -0.1) is 0 Å². The maximum atomic E-state index is 3.86. The van der Waals surface area contributed by atoms with Gasteiger partial charge in [0.2, 0.25) is 0 Å². The highest BCUT2D eigenvalue weighted by atomic mass is 15.3. The molecule has 2 heteroatoms. The molecule has 110 valence electrons. The largest absolute Gasteiger partial charge is 0.308 e. The summed E-state index contributed by atoms with van der Waals surface area (Å²) in [5.74, 6) is 1.95. The Morgan fingerprint density at radius 2 is 2.00 bits per heavy atom. The van der Waals surface area contributed by atoms with Crippen LogP contribution in [0, 0.1) is 11.8 Å². The van der Waals surface area contributed by atoms with Crippen LogP contribution in [0.3, 0.4) is 0 Å². The summed E-state index contributed by atoms with van der Waals surface area (Å²) < 4.78 is 0. The van der Waals surface area contributed by atoms with E-state index in [1.807, 2.05) is 0 Å². The molecule has 2 nitrogen and oxygen atoms in total. The molecule has 0 radical (unpaired) electrons. The first kappa shape index (κ1) is 13.9. The molecule has 1 N–H and O–H groups in total. The number of nitrogens with one attached hydrogen (secondary N) is 1. The van der Waals surface area contributed by atoms with Crippen LogP contribution in [-0.2, 0) is 0 Å². The quantitative estimate of drug-likeness (QED) is 0.840. The van der Waals surface area contributed by atoms with Crippen molar-refractivity contribution >= 4 is 0 Å². The second kappa shape index (κ2) is 5.37. The van der Waals surface area contributed by atoms with Crippen LogP contribution in [0.5, 0.6) is 0 Å². The van der Waals surface area contributed by atoms with Crippen molar-refractivity contribution in [3.63, 3.8) is 0 Å². The van der Waals surface area contributed by atoms with Crippen molar-refractivity contribution in [1.82, 2.24) is 10.2 Å². The van der Waals surface area contributed by atoms with Crippen LogP contribution < -0.4 is 5.32 Å². The number of hydrogen-bond acceptors (Lipinski definition) is 2. The Morgan fingerprint density at radius 1 is 1.21 bits per heavy atom. The summed E-state index contributed by atoms with van der Waals surface area (Å²) in [5.41, 5.74) is 0.408. The van der Waals surface area contributed by atoms with Crippen molar-refractivity contribution in [2.45, 2.75) is 83.3 Å². The summed E-state index contributed by atoms with van der Waals surface area (Å²) >= 11 is 0. The molecule has 4 unspecified atom stereocenters. The van der Waals surface area contributed by atoms with Gasteiger partial charge >= 0.3 is 0 Å². The van der Waals surface area contributed by atoms with Gasteiger partial charge in [0.05, 0.1) is 0 Å². The molecule has 1 aliphatic heterocycles. The lowest BCUT2D eigenvalue weighted by molar-refractivity contribution is 0.0221.